The number of rotatable bonds is 6. The van der Waals surface area contributed by atoms with E-state index in [1.54, 1.807) is 17.4 Å². The number of halogens is 3. The zero-order chi connectivity index (χ0) is 20.7. The second kappa shape index (κ2) is 9.75. The number of aryl methyl sites for hydroxylation is 1. The summed E-state index contributed by atoms with van der Waals surface area (Å²) < 4.78 is 39.3. The van der Waals surface area contributed by atoms with Crippen molar-refractivity contribution in [1.82, 2.24) is 24.9 Å². The van der Waals surface area contributed by atoms with Gasteiger partial charge < -0.3 is 9.84 Å². The van der Waals surface area contributed by atoms with Crippen LogP contribution < -0.4 is 0 Å². The number of nitrogens with zero attached hydrogens (tertiary/aromatic N) is 5. The largest absolute Gasteiger partial charge is 0.490 e. The third kappa shape index (κ3) is 5.84. The molecule has 0 amide bonds. The van der Waals surface area contributed by atoms with Crippen LogP contribution in [-0.4, -0.2) is 61.9 Å². The summed E-state index contributed by atoms with van der Waals surface area (Å²) in [5.41, 5.74) is 2.24. The summed E-state index contributed by atoms with van der Waals surface area (Å²) in [7, 11) is 1.95. The second-order valence-electron chi connectivity index (χ2n) is 5.84. The number of hydrogen-bond acceptors (Lipinski definition) is 7. The molecule has 2 aromatic rings. The zero-order valence-electron chi connectivity index (χ0n) is 15.1. The van der Waals surface area contributed by atoms with Gasteiger partial charge in [0.25, 0.3) is 0 Å². The molecule has 154 valence electrons. The van der Waals surface area contributed by atoms with E-state index in [0.717, 1.165) is 30.2 Å². The smallest absolute Gasteiger partial charge is 0.475 e. The molecule has 1 atom stereocenters. The van der Waals surface area contributed by atoms with Gasteiger partial charge in [0.15, 0.2) is 0 Å². The SMILES string of the molecule is C=CCOCC1c2nnn(C)c2CCN1Cc1nccs1.O=C(O)C(F)(F)F. The Morgan fingerprint density at radius 1 is 1.54 bits per heavy atom. The third-order valence-electron chi connectivity index (χ3n) is 3.94. The molecule has 1 N–H and O–H groups in total. The molecule has 8 nitrogen and oxygen atoms in total. The molecule has 1 aliphatic heterocycles. The van der Waals surface area contributed by atoms with Crippen LogP contribution in [0.25, 0.3) is 0 Å². The van der Waals surface area contributed by atoms with Gasteiger partial charge in [-0.1, -0.05) is 11.3 Å². The molecule has 3 heterocycles. The van der Waals surface area contributed by atoms with Crippen molar-refractivity contribution in [1.29, 1.82) is 0 Å². The summed E-state index contributed by atoms with van der Waals surface area (Å²) in [4.78, 5) is 15.7. The van der Waals surface area contributed by atoms with E-state index in [0.29, 0.717) is 13.2 Å². The molecular formula is C16H20F3N5O3S. The van der Waals surface area contributed by atoms with Crippen LogP contribution in [0.4, 0.5) is 13.2 Å². The van der Waals surface area contributed by atoms with Crippen molar-refractivity contribution in [3.63, 3.8) is 0 Å². The summed E-state index contributed by atoms with van der Waals surface area (Å²) >= 11 is 1.68. The average Bonchev–Trinajstić information content (AvgIpc) is 3.26. The van der Waals surface area contributed by atoms with Gasteiger partial charge in [-0.15, -0.1) is 23.0 Å². The number of fused-ring (bicyclic) bond motifs is 1. The summed E-state index contributed by atoms with van der Waals surface area (Å²) in [6.07, 6.45) is -0.505. The number of carbonyl (C=O) groups is 1. The molecule has 28 heavy (non-hydrogen) atoms. The quantitative estimate of drug-likeness (QED) is 0.567. The Morgan fingerprint density at radius 2 is 2.25 bits per heavy atom. The molecule has 3 rings (SSSR count). The minimum atomic E-state index is -5.08. The van der Waals surface area contributed by atoms with Crippen LogP contribution >= 0.6 is 11.3 Å². The molecule has 0 spiro atoms. The van der Waals surface area contributed by atoms with E-state index in [1.807, 2.05) is 23.3 Å². The topological polar surface area (TPSA) is 93.4 Å². The Kier molecular flexibility index (Phi) is 7.66. The minimum Gasteiger partial charge on any atom is -0.475 e. The van der Waals surface area contributed by atoms with E-state index in [4.69, 9.17) is 14.6 Å². The number of carboxylic acids is 1. The Balaban J connectivity index is 0.000000345. The molecule has 0 saturated carbocycles. The molecular weight excluding hydrogens is 399 g/mol. The highest BCUT2D eigenvalue weighted by Gasteiger charge is 2.38. The normalized spacial score (nSPS) is 16.8. The fraction of sp³-hybridized carbons (Fsp3) is 0.500. The van der Waals surface area contributed by atoms with Gasteiger partial charge in [0.2, 0.25) is 0 Å². The number of alkyl halides is 3. The summed E-state index contributed by atoms with van der Waals surface area (Å²) in [5, 5.41) is 18.8. The highest BCUT2D eigenvalue weighted by molar-refractivity contribution is 7.09. The summed E-state index contributed by atoms with van der Waals surface area (Å²) in [5.74, 6) is -2.76. The molecule has 0 bridgehead atoms. The Hall–Kier alpha value is -2.31. The maximum absolute atomic E-state index is 10.6. The zero-order valence-corrected chi connectivity index (χ0v) is 15.9. The van der Waals surface area contributed by atoms with Crippen LogP contribution in [0.15, 0.2) is 24.2 Å². The van der Waals surface area contributed by atoms with Gasteiger partial charge in [0.05, 0.1) is 31.5 Å². The Morgan fingerprint density at radius 3 is 2.82 bits per heavy atom. The molecule has 0 fully saturated rings. The van der Waals surface area contributed by atoms with Gasteiger partial charge in [0, 0.05) is 31.6 Å². The average molecular weight is 419 g/mol. The fourth-order valence-electron chi connectivity index (χ4n) is 2.66. The highest BCUT2D eigenvalue weighted by Crippen LogP contribution is 2.29. The van der Waals surface area contributed by atoms with E-state index in [1.165, 1.54) is 5.69 Å². The van der Waals surface area contributed by atoms with Crippen LogP contribution in [0.5, 0.6) is 0 Å². The van der Waals surface area contributed by atoms with E-state index in [2.05, 4.69) is 26.8 Å². The van der Waals surface area contributed by atoms with Crippen molar-refractivity contribution < 1.29 is 27.8 Å². The first-order chi connectivity index (χ1) is 13.2. The van der Waals surface area contributed by atoms with Crippen molar-refractivity contribution in [3.05, 3.63) is 40.6 Å². The predicted octanol–water partition coefficient (Wildman–Crippen LogP) is 2.21. The summed E-state index contributed by atoms with van der Waals surface area (Å²) in [6.45, 7) is 6.64. The lowest BCUT2D eigenvalue weighted by Crippen LogP contribution is -2.38. The van der Waals surface area contributed by atoms with Crippen LogP contribution in [0, 0.1) is 0 Å². The van der Waals surface area contributed by atoms with Gasteiger partial charge in [-0.2, -0.15) is 13.2 Å². The monoisotopic (exact) mass is 419 g/mol. The molecule has 0 aromatic carbocycles. The molecule has 1 aliphatic rings. The lowest BCUT2D eigenvalue weighted by Gasteiger charge is -2.33. The number of thiazole rings is 1. The van der Waals surface area contributed by atoms with Crippen LogP contribution in [0.1, 0.15) is 22.4 Å². The van der Waals surface area contributed by atoms with E-state index in [-0.39, 0.29) is 6.04 Å². The first-order valence-corrected chi connectivity index (χ1v) is 9.11. The maximum atomic E-state index is 10.6. The van der Waals surface area contributed by atoms with E-state index in [9.17, 15) is 13.2 Å². The molecule has 0 saturated heterocycles. The van der Waals surface area contributed by atoms with Gasteiger partial charge in [-0.25, -0.2) is 9.78 Å². The van der Waals surface area contributed by atoms with Gasteiger partial charge in [-0.3, -0.25) is 9.58 Å². The number of hydrogen-bond donors (Lipinski definition) is 1. The lowest BCUT2D eigenvalue weighted by molar-refractivity contribution is -0.192. The second-order valence-corrected chi connectivity index (χ2v) is 6.82. The van der Waals surface area contributed by atoms with Crippen LogP contribution in [0.3, 0.4) is 0 Å². The van der Waals surface area contributed by atoms with Crippen LogP contribution in [-0.2, 0) is 29.5 Å². The van der Waals surface area contributed by atoms with Crippen molar-refractivity contribution in [2.45, 2.75) is 25.2 Å². The number of ether oxygens (including phenoxy) is 1. The fourth-order valence-corrected chi connectivity index (χ4v) is 3.30. The first-order valence-electron chi connectivity index (χ1n) is 8.23. The number of aliphatic carboxylic acids is 1. The number of aromatic nitrogens is 4. The Bertz CT molecular complexity index is 779. The molecule has 12 heteroatoms. The third-order valence-corrected chi connectivity index (χ3v) is 4.71. The number of carboxylic acid groups (broad SMARTS) is 1. The lowest BCUT2D eigenvalue weighted by atomic mass is 10.0. The standard InChI is InChI=1S/C14H19N5OS.C2HF3O2/c1-3-7-20-10-12-14-11(18(2)17-16-14)4-6-19(12)9-13-15-5-8-21-13;3-2(4,5)1(6)7/h3,5,8,12H,1,4,6-7,9-10H2,2H3;(H,6,7). The van der Waals surface area contributed by atoms with Gasteiger partial charge in [-0.05, 0) is 0 Å². The first kappa shape index (κ1) is 22.0. The van der Waals surface area contributed by atoms with Crippen molar-refractivity contribution in [2.75, 3.05) is 19.8 Å². The summed E-state index contributed by atoms with van der Waals surface area (Å²) in [6, 6.07) is 0.131. The van der Waals surface area contributed by atoms with Gasteiger partial charge >= 0.3 is 12.1 Å². The molecule has 1 unspecified atom stereocenters. The maximum Gasteiger partial charge on any atom is 0.490 e. The minimum absolute atomic E-state index is 0.131. The predicted molar refractivity (Wildman–Crippen MR) is 94.7 cm³/mol. The Labute approximate surface area is 163 Å². The van der Waals surface area contributed by atoms with Crippen molar-refractivity contribution in [3.8, 4) is 0 Å². The molecule has 2 aromatic heterocycles. The van der Waals surface area contributed by atoms with Gasteiger partial charge in [0.1, 0.15) is 10.7 Å². The van der Waals surface area contributed by atoms with Crippen molar-refractivity contribution in [2.24, 2.45) is 7.05 Å². The molecule has 0 radical (unpaired) electrons. The highest BCUT2D eigenvalue weighted by atomic mass is 32.1. The van der Waals surface area contributed by atoms with Crippen molar-refractivity contribution >= 4 is 17.3 Å². The van der Waals surface area contributed by atoms with E-state index >= 15 is 0 Å². The van der Waals surface area contributed by atoms with Crippen LogP contribution in [0.2, 0.25) is 0 Å². The molecule has 0 aliphatic carbocycles. The van der Waals surface area contributed by atoms with E-state index < -0.39 is 12.1 Å².